The van der Waals surface area contributed by atoms with Gasteiger partial charge in [-0.25, -0.2) is 0 Å². The van der Waals surface area contributed by atoms with Gasteiger partial charge in [0.25, 0.3) is 11.8 Å². The maximum Gasteiger partial charge on any atom is 0.425 e. The van der Waals surface area contributed by atoms with Crippen LogP contribution in [-0.2, 0) is 27.4 Å². The summed E-state index contributed by atoms with van der Waals surface area (Å²) in [5.74, 6) is -2.79. The second-order valence-electron chi connectivity index (χ2n) is 14.4. The van der Waals surface area contributed by atoms with Gasteiger partial charge >= 0.3 is 18.3 Å². The minimum Gasteiger partial charge on any atom is -0.492 e. The number of likely N-dealkylation sites (tertiary alicyclic amines) is 2. The number of rotatable bonds is 11. The first-order valence-electron chi connectivity index (χ1n) is 17.6. The van der Waals surface area contributed by atoms with Gasteiger partial charge in [-0.1, -0.05) is 31.5 Å². The molecule has 0 radical (unpaired) electrons. The topological polar surface area (TPSA) is 133 Å². The largest absolute Gasteiger partial charge is 0.492 e. The van der Waals surface area contributed by atoms with Gasteiger partial charge in [0, 0.05) is 55.5 Å². The fourth-order valence-corrected chi connectivity index (χ4v) is 7.89. The zero-order valence-electron chi connectivity index (χ0n) is 30.3. The summed E-state index contributed by atoms with van der Waals surface area (Å²) in [5.41, 5.74) is -5.90. The smallest absolute Gasteiger partial charge is 0.425 e. The molecule has 55 heavy (non-hydrogen) atoms. The molecule has 2 atom stereocenters. The van der Waals surface area contributed by atoms with Gasteiger partial charge < -0.3 is 24.4 Å². The van der Waals surface area contributed by atoms with E-state index in [0.717, 1.165) is 28.7 Å². The molecule has 4 heterocycles. The molecule has 17 heteroatoms. The van der Waals surface area contributed by atoms with Crippen LogP contribution in [0.5, 0.6) is 11.5 Å². The highest BCUT2D eigenvalue weighted by atomic mass is 32.1. The summed E-state index contributed by atoms with van der Waals surface area (Å²) in [4.78, 5) is 46.1. The average molecular weight is 795 g/mol. The lowest BCUT2D eigenvalue weighted by Gasteiger charge is -2.51. The number of piperidine rings is 2. The van der Waals surface area contributed by atoms with Crippen molar-refractivity contribution in [2.24, 2.45) is 5.41 Å². The number of aliphatic carboxylic acids is 1. The van der Waals surface area contributed by atoms with E-state index < -0.39 is 68.6 Å². The van der Waals surface area contributed by atoms with Crippen LogP contribution in [0, 0.1) is 16.7 Å². The third-order valence-electron chi connectivity index (χ3n) is 10.2. The number of halogens is 6. The van der Waals surface area contributed by atoms with Gasteiger partial charge in [0.1, 0.15) is 23.0 Å². The number of para-hydroxylation sites is 1. The maximum absolute atomic E-state index is 15.0. The molecule has 0 unspecified atom stereocenters. The lowest BCUT2D eigenvalue weighted by molar-refractivity contribution is -0.160. The predicted molar refractivity (Wildman–Crippen MR) is 187 cm³/mol. The number of carboxylic acids is 1. The summed E-state index contributed by atoms with van der Waals surface area (Å²) in [5, 5.41) is 21.2. The minimum absolute atomic E-state index is 0.0302. The number of amides is 2. The third kappa shape index (κ3) is 8.39. The fourth-order valence-electron chi connectivity index (χ4n) is 7.21. The van der Waals surface area contributed by atoms with Crippen molar-refractivity contribution < 1.29 is 55.3 Å². The van der Waals surface area contributed by atoms with Crippen molar-refractivity contribution in [3.63, 3.8) is 0 Å². The Morgan fingerprint density at radius 2 is 1.73 bits per heavy atom. The molecule has 2 amide bonds. The molecule has 0 bridgehead atoms. The van der Waals surface area contributed by atoms with Gasteiger partial charge in [-0.2, -0.15) is 31.6 Å². The zero-order valence-corrected chi connectivity index (χ0v) is 31.1. The number of pyridine rings is 1. The van der Waals surface area contributed by atoms with E-state index in [2.05, 4.69) is 11.1 Å². The Morgan fingerprint density at radius 3 is 2.33 bits per heavy atom. The lowest BCUT2D eigenvalue weighted by Crippen LogP contribution is -2.68. The SMILES string of the molecule is CCC[C@H]1N(C(=O)c2cnccc2C(F)(F)F)CCC[C@@]1(Oc1csc(C(F)(F)F)c1)C(=O)N1CCC(C#N)(c2ccccc2OCC(C)(C)C(=O)O)CC1. The van der Waals surface area contributed by atoms with Crippen LogP contribution in [0.1, 0.15) is 85.7 Å². The lowest BCUT2D eigenvalue weighted by atomic mass is 9.72. The number of carbonyl (C=O) groups excluding carboxylic acids is 2. The highest BCUT2D eigenvalue weighted by molar-refractivity contribution is 7.10. The first-order valence-corrected chi connectivity index (χ1v) is 18.5. The highest BCUT2D eigenvalue weighted by Gasteiger charge is 2.57. The number of alkyl halides is 6. The number of carbonyl (C=O) groups is 3. The van der Waals surface area contributed by atoms with Crippen molar-refractivity contribution in [2.75, 3.05) is 26.2 Å². The molecule has 2 aromatic heterocycles. The van der Waals surface area contributed by atoms with E-state index in [1.54, 1.807) is 31.2 Å². The number of thiophene rings is 1. The molecule has 0 saturated carbocycles. The number of benzene rings is 1. The Balaban J connectivity index is 1.52. The highest BCUT2D eigenvalue weighted by Crippen LogP contribution is 2.45. The summed E-state index contributed by atoms with van der Waals surface area (Å²) in [7, 11) is 0. The molecular weight excluding hydrogens is 754 g/mol. The van der Waals surface area contributed by atoms with Gasteiger partial charge in [-0.15, -0.1) is 11.3 Å². The number of carboxylic acid groups (broad SMARTS) is 1. The maximum atomic E-state index is 15.0. The molecular formula is C38H40F6N4O6S. The molecule has 1 aromatic carbocycles. The van der Waals surface area contributed by atoms with Crippen LogP contribution >= 0.6 is 11.3 Å². The molecule has 2 aliphatic heterocycles. The van der Waals surface area contributed by atoms with Crippen LogP contribution in [0.3, 0.4) is 0 Å². The number of hydrogen-bond donors (Lipinski definition) is 1. The van der Waals surface area contributed by atoms with Gasteiger partial charge in [-0.3, -0.25) is 19.4 Å². The molecule has 1 N–H and O–H groups in total. The Morgan fingerprint density at radius 1 is 1.04 bits per heavy atom. The first-order chi connectivity index (χ1) is 25.8. The Bertz CT molecular complexity index is 1930. The Hall–Kier alpha value is -4.85. The molecule has 10 nitrogen and oxygen atoms in total. The van der Waals surface area contributed by atoms with Crippen molar-refractivity contribution in [3.8, 4) is 17.6 Å². The van der Waals surface area contributed by atoms with Crippen LogP contribution in [0.2, 0.25) is 0 Å². The average Bonchev–Trinajstić information content (AvgIpc) is 3.63. The second-order valence-corrected chi connectivity index (χ2v) is 15.3. The quantitative estimate of drug-likeness (QED) is 0.193. The van der Waals surface area contributed by atoms with E-state index in [4.69, 9.17) is 9.47 Å². The zero-order chi connectivity index (χ0) is 40.4. The standard InChI is InChI=1S/C38H40F6N4O6S/c1-4-8-29-36(54-24-19-30(55-21-24)38(42,43)44,12-7-16-48(29)31(49)25-20-46-15-11-26(25)37(39,40)41)32(50)47-17-13-35(22-45,14-18-47)27-9-5-6-10-28(27)53-23-34(2,3)33(51)52/h5-6,9-11,15,19-21,29H,4,7-8,12-14,16-18,23H2,1-3H3,(H,51,52)/t29-,36+/m1/s1. The van der Waals surface area contributed by atoms with E-state index in [-0.39, 0.29) is 64.1 Å². The van der Waals surface area contributed by atoms with Gasteiger partial charge in [-0.05, 0) is 51.7 Å². The summed E-state index contributed by atoms with van der Waals surface area (Å²) in [6.07, 6.45) is -7.36. The summed E-state index contributed by atoms with van der Waals surface area (Å²) in [6, 6.07) is 9.30. The Labute approximate surface area is 317 Å². The van der Waals surface area contributed by atoms with Crippen molar-refractivity contribution in [1.29, 1.82) is 5.26 Å². The number of ether oxygens (including phenoxy) is 2. The van der Waals surface area contributed by atoms with Crippen molar-refractivity contribution in [1.82, 2.24) is 14.8 Å². The normalized spacial score (nSPS) is 20.4. The predicted octanol–water partition coefficient (Wildman–Crippen LogP) is 7.98. The van der Waals surface area contributed by atoms with Crippen LogP contribution in [0.25, 0.3) is 0 Å². The summed E-state index contributed by atoms with van der Waals surface area (Å²) in [6.45, 7) is 4.42. The number of nitriles is 1. The number of aromatic nitrogens is 1. The number of hydrogen-bond acceptors (Lipinski definition) is 8. The summed E-state index contributed by atoms with van der Waals surface area (Å²) < 4.78 is 95.6. The minimum atomic E-state index is -4.91. The van der Waals surface area contributed by atoms with E-state index in [9.17, 15) is 51.1 Å². The number of nitrogens with zero attached hydrogens (tertiary/aromatic N) is 4. The molecule has 3 aromatic rings. The molecule has 2 aliphatic rings. The molecule has 2 saturated heterocycles. The molecule has 296 valence electrons. The molecule has 0 spiro atoms. The van der Waals surface area contributed by atoms with Crippen LogP contribution in [-0.4, -0.2) is 75.6 Å². The van der Waals surface area contributed by atoms with E-state index in [0.29, 0.717) is 35.1 Å². The van der Waals surface area contributed by atoms with Crippen LogP contribution in [0.15, 0.2) is 54.2 Å². The van der Waals surface area contributed by atoms with Crippen LogP contribution in [0.4, 0.5) is 26.3 Å². The third-order valence-corrected chi connectivity index (χ3v) is 11.2. The second kappa shape index (κ2) is 15.7. The van der Waals surface area contributed by atoms with Gasteiger partial charge in [0.05, 0.1) is 34.1 Å². The summed E-state index contributed by atoms with van der Waals surface area (Å²) >= 11 is 0.354. The van der Waals surface area contributed by atoms with E-state index >= 15 is 0 Å². The first kappa shape index (κ1) is 41.3. The van der Waals surface area contributed by atoms with Crippen molar-refractivity contribution in [2.45, 2.75) is 88.7 Å². The molecule has 5 rings (SSSR count). The molecule has 2 fully saturated rings. The monoisotopic (exact) mass is 794 g/mol. The fraction of sp³-hybridized carbons (Fsp3) is 0.500. The van der Waals surface area contributed by atoms with Gasteiger partial charge in [0.15, 0.2) is 0 Å². The van der Waals surface area contributed by atoms with Crippen molar-refractivity contribution in [3.05, 3.63) is 75.7 Å². The van der Waals surface area contributed by atoms with E-state index in [1.807, 2.05) is 0 Å². The van der Waals surface area contributed by atoms with E-state index in [1.165, 1.54) is 18.7 Å². The molecule has 0 aliphatic carbocycles. The van der Waals surface area contributed by atoms with Gasteiger partial charge in [0.2, 0.25) is 5.60 Å². The van der Waals surface area contributed by atoms with Crippen molar-refractivity contribution >= 4 is 29.1 Å². The Kier molecular flexibility index (Phi) is 11.8. The van der Waals surface area contributed by atoms with Crippen LogP contribution < -0.4 is 9.47 Å².